The van der Waals surface area contributed by atoms with Crippen LogP contribution in [0.4, 0.5) is 22.7 Å². The molecule has 0 spiro atoms. The Bertz CT molecular complexity index is 1050. The molecule has 3 rings (SSSR count). The Hall–Kier alpha value is -4.13. The van der Waals surface area contributed by atoms with Crippen molar-refractivity contribution in [1.29, 1.82) is 0 Å². The number of aromatic hydroxyl groups is 1. The second-order valence-electron chi connectivity index (χ2n) is 6.31. The fourth-order valence-electron chi connectivity index (χ4n) is 2.01. The van der Waals surface area contributed by atoms with Gasteiger partial charge in [-0.15, -0.1) is 0 Å². The normalized spacial score (nSPS) is 10.6. The average molecular weight is 402 g/mol. The first-order valence-electron chi connectivity index (χ1n) is 9.02. The maximum atomic E-state index is 9.60. The maximum Gasteiger partial charge on any atom is 0.330 e. The van der Waals surface area contributed by atoms with Crippen molar-refractivity contribution in [3.8, 4) is 5.75 Å². The van der Waals surface area contributed by atoms with Crippen molar-refractivity contribution in [2.45, 2.75) is 13.8 Å². The highest BCUT2D eigenvalue weighted by Crippen LogP contribution is 2.25. The Labute approximate surface area is 174 Å². The lowest BCUT2D eigenvalue weighted by Crippen LogP contribution is -1.92. The van der Waals surface area contributed by atoms with E-state index in [2.05, 4.69) is 27.0 Å². The first-order valence-corrected chi connectivity index (χ1v) is 9.02. The Morgan fingerprint density at radius 1 is 0.767 bits per heavy atom. The molecule has 152 valence electrons. The molecule has 0 unspecified atom stereocenters. The summed E-state index contributed by atoms with van der Waals surface area (Å²) in [7, 11) is 0. The van der Waals surface area contributed by atoms with E-state index in [1.165, 1.54) is 6.92 Å². The highest BCUT2D eigenvalue weighted by Gasteiger charge is 1.97. The van der Waals surface area contributed by atoms with Crippen molar-refractivity contribution >= 4 is 28.7 Å². The first-order chi connectivity index (χ1) is 14.3. The minimum Gasteiger partial charge on any atom is -0.508 e. The van der Waals surface area contributed by atoms with Crippen molar-refractivity contribution in [2.75, 3.05) is 0 Å². The zero-order valence-electron chi connectivity index (χ0n) is 16.7. The number of carbonyl (C=O) groups is 1. The van der Waals surface area contributed by atoms with Crippen LogP contribution in [0.15, 0.2) is 105 Å². The Morgan fingerprint density at radius 2 is 1.17 bits per heavy atom. The number of hydrogen-bond donors (Lipinski definition) is 2. The van der Waals surface area contributed by atoms with Crippen LogP contribution in [-0.2, 0) is 4.79 Å². The van der Waals surface area contributed by atoms with Gasteiger partial charge >= 0.3 is 5.97 Å². The summed E-state index contributed by atoms with van der Waals surface area (Å²) in [5, 5.41) is 34.1. The summed E-state index contributed by atoms with van der Waals surface area (Å²) >= 11 is 0. The van der Waals surface area contributed by atoms with E-state index in [9.17, 15) is 9.90 Å². The van der Waals surface area contributed by atoms with Gasteiger partial charge in [0.2, 0.25) is 0 Å². The van der Waals surface area contributed by atoms with Crippen LogP contribution in [-0.4, -0.2) is 16.2 Å². The van der Waals surface area contributed by atoms with Gasteiger partial charge in [-0.2, -0.15) is 20.5 Å². The second-order valence-corrected chi connectivity index (χ2v) is 6.31. The number of azo groups is 2. The molecular formula is C23H22N4O3. The topological polar surface area (TPSA) is 107 Å². The molecule has 30 heavy (non-hydrogen) atoms. The molecule has 3 aromatic carbocycles. The molecule has 0 atom stereocenters. The minimum atomic E-state index is -0.935. The Balaban J connectivity index is 0.000000469. The quantitative estimate of drug-likeness (QED) is 0.348. The van der Waals surface area contributed by atoms with Crippen molar-refractivity contribution in [3.05, 3.63) is 90.5 Å². The van der Waals surface area contributed by atoms with E-state index in [4.69, 9.17) is 5.11 Å². The lowest BCUT2D eigenvalue weighted by molar-refractivity contribution is -0.132. The Morgan fingerprint density at radius 3 is 1.60 bits per heavy atom. The molecule has 0 radical (unpaired) electrons. The molecule has 0 aromatic heterocycles. The fourth-order valence-corrected chi connectivity index (χ4v) is 2.01. The summed E-state index contributed by atoms with van der Waals surface area (Å²) in [6, 6.07) is 22.0. The molecule has 0 aliphatic carbocycles. The number of carboxylic acid groups (broad SMARTS) is 1. The van der Waals surface area contributed by atoms with Gasteiger partial charge in [0.1, 0.15) is 5.75 Å². The molecule has 3 aromatic rings. The zero-order chi connectivity index (χ0) is 21.9. The van der Waals surface area contributed by atoms with Gasteiger partial charge < -0.3 is 10.2 Å². The van der Waals surface area contributed by atoms with Crippen LogP contribution in [0.2, 0.25) is 0 Å². The smallest absolute Gasteiger partial charge is 0.330 e. The number of aliphatic carboxylic acids is 1. The van der Waals surface area contributed by atoms with Crippen LogP contribution in [0, 0.1) is 6.92 Å². The Kier molecular flexibility index (Phi) is 8.14. The zero-order valence-corrected chi connectivity index (χ0v) is 16.7. The van der Waals surface area contributed by atoms with E-state index >= 15 is 0 Å². The summed E-state index contributed by atoms with van der Waals surface area (Å²) in [6.45, 7) is 6.42. The fraction of sp³-hybridized carbons (Fsp3) is 0.0870. The molecule has 0 heterocycles. The number of hydrogen-bond acceptors (Lipinski definition) is 6. The minimum absolute atomic E-state index is 0.176. The lowest BCUT2D eigenvalue weighted by Gasteiger charge is -1.99. The second kappa shape index (κ2) is 11.0. The van der Waals surface area contributed by atoms with E-state index in [-0.39, 0.29) is 11.3 Å². The maximum absolute atomic E-state index is 9.60. The molecule has 0 bridgehead atoms. The predicted octanol–water partition coefficient (Wildman–Crippen LogP) is 7.18. The van der Waals surface area contributed by atoms with Crippen molar-refractivity contribution in [1.82, 2.24) is 0 Å². The van der Waals surface area contributed by atoms with Gasteiger partial charge in [0, 0.05) is 5.57 Å². The summed E-state index contributed by atoms with van der Waals surface area (Å²) < 4.78 is 0. The van der Waals surface area contributed by atoms with Gasteiger partial charge in [-0.1, -0.05) is 24.8 Å². The predicted molar refractivity (Wildman–Crippen MR) is 117 cm³/mol. The molecular weight excluding hydrogens is 380 g/mol. The number of aryl methyl sites for hydroxylation is 1. The van der Waals surface area contributed by atoms with Gasteiger partial charge in [-0.05, 0) is 74.0 Å². The molecule has 0 saturated carbocycles. The number of carboxylic acids is 1. The highest BCUT2D eigenvalue weighted by molar-refractivity contribution is 5.84. The number of nitrogens with zero attached hydrogens (tertiary/aromatic N) is 4. The van der Waals surface area contributed by atoms with Gasteiger partial charge in [0.25, 0.3) is 0 Å². The number of rotatable bonds is 5. The third kappa shape index (κ3) is 7.47. The van der Waals surface area contributed by atoms with Crippen molar-refractivity contribution < 1.29 is 15.0 Å². The van der Waals surface area contributed by atoms with Crippen molar-refractivity contribution in [3.63, 3.8) is 0 Å². The third-order valence-corrected chi connectivity index (χ3v) is 3.71. The standard InChI is InChI=1S/C19H16N4O.C4H6O2/c1-14-13-18(11-12-19(14)24)23-22-17-9-7-16(8-10-17)21-20-15-5-3-2-4-6-15;1-3(2)4(5)6/h2-13,24H,1H3;1H2,2H3,(H,5,6). The molecule has 0 saturated heterocycles. The van der Waals surface area contributed by atoms with E-state index in [1.807, 2.05) is 61.5 Å². The van der Waals surface area contributed by atoms with Crippen LogP contribution in [0.1, 0.15) is 12.5 Å². The number of phenolic OH excluding ortho intramolecular Hbond substituents is 1. The molecule has 7 nitrogen and oxygen atoms in total. The summed E-state index contributed by atoms with van der Waals surface area (Å²) in [6.07, 6.45) is 0. The van der Waals surface area contributed by atoms with Gasteiger partial charge in [-0.25, -0.2) is 4.79 Å². The van der Waals surface area contributed by atoms with Crippen LogP contribution >= 0.6 is 0 Å². The van der Waals surface area contributed by atoms with E-state index in [1.54, 1.807) is 18.2 Å². The van der Waals surface area contributed by atoms with Gasteiger partial charge in [0.15, 0.2) is 0 Å². The molecule has 0 amide bonds. The average Bonchev–Trinajstić information content (AvgIpc) is 2.75. The van der Waals surface area contributed by atoms with E-state index in [0.717, 1.165) is 22.6 Å². The largest absolute Gasteiger partial charge is 0.508 e. The molecule has 7 heteroatoms. The molecule has 0 fully saturated rings. The monoisotopic (exact) mass is 402 g/mol. The summed E-state index contributed by atoms with van der Waals surface area (Å²) in [5.41, 5.74) is 3.91. The molecule has 0 aliphatic rings. The summed E-state index contributed by atoms with van der Waals surface area (Å²) in [5.74, 6) is -0.683. The molecule has 0 aliphatic heterocycles. The van der Waals surface area contributed by atoms with E-state index < -0.39 is 5.97 Å². The van der Waals surface area contributed by atoms with E-state index in [0.29, 0.717) is 5.69 Å². The van der Waals surface area contributed by atoms with Gasteiger partial charge in [-0.3, -0.25) is 0 Å². The number of benzene rings is 3. The lowest BCUT2D eigenvalue weighted by atomic mass is 10.2. The third-order valence-electron chi connectivity index (χ3n) is 3.71. The summed E-state index contributed by atoms with van der Waals surface area (Å²) in [4.78, 5) is 9.60. The van der Waals surface area contributed by atoms with Gasteiger partial charge in [0.05, 0.1) is 22.7 Å². The van der Waals surface area contributed by atoms with Crippen LogP contribution < -0.4 is 0 Å². The SMILES string of the molecule is C=C(C)C(=O)O.Cc1cc(N=Nc2ccc(N=Nc3ccccc3)cc2)ccc1O. The van der Waals surface area contributed by atoms with Crippen LogP contribution in [0.3, 0.4) is 0 Å². The molecule has 2 N–H and O–H groups in total. The number of phenols is 1. The van der Waals surface area contributed by atoms with Crippen LogP contribution in [0.5, 0.6) is 5.75 Å². The highest BCUT2D eigenvalue weighted by atomic mass is 16.4. The first kappa shape index (κ1) is 22.2. The van der Waals surface area contributed by atoms with Crippen molar-refractivity contribution in [2.24, 2.45) is 20.5 Å². The van der Waals surface area contributed by atoms with Crippen LogP contribution in [0.25, 0.3) is 0 Å².